The van der Waals surface area contributed by atoms with Gasteiger partial charge in [0.2, 0.25) is 0 Å². The first-order valence-electron chi connectivity index (χ1n) is 3.99. The van der Waals surface area contributed by atoms with Gasteiger partial charge in [0, 0.05) is 11.9 Å². The van der Waals surface area contributed by atoms with Gasteiger partial charge in [-0.05, 0) is 6.37 Å². The molecule has 0 saturated carbocycles. The van der Waals surface area contributed by atoms with Gasteiger partial charge in [0.05, 0.1) is 0 Å². The third kappa shape index (κ3) is 5.47. The van der Waals surface area contributed by atoms with Gasteiger partial charge in [-0.2, -0.15) is 0 Å². The van der Waals surface area contributed by atoms with Crippen LogP contribution in [0.25, 0.3) is 0 Å². The zero-order valence-corrected chi connectivity index (χ0v) is 4.06. The Morgan fingerprint density at radius 1 is 2.00 bits per heavy atom. The van der Waals surface area contributed by atoms with E-state index in [0.717, 1.165) is 0 Å². The van der Waals surface area contributed by atoms with Crippen molar-refractivity contribution in [2.24, 2.45) is 0 Å². The van der Waals surface area contributed by atoms with Crippen LogP contribution in [0.4, 0.5) is 0 Å². The van der Waals surface area contributed by atoms with Crippen LogP contribution in [0.3, 0.4) is 0 Å². The summed E-state index contributed by atoms with van der Waals surface area (Å²) in [5.41, 5.74) is 0. The first-order valence-corrected chi connectivity index (χ1v) is 1.99. The summed E-state index contributed by atoms with van der Waals surface area (Å²) in [4.78, 5) is 10.2. The minimum absolute atomic E-state index is 0.160. The average Bonchev–Trinajstić information content (AvgIpc) is 1.87. The van der Waals surface area contributed by atoms with Crippen LogP contribution in [0, 0.1) is 0 Å². The summed E-state index contributed by atoms with van der Waals surface area (Å²) in [6.45, 7) is 1.40. The molecule has 0 aliphatic rings. The summed E-state index contributed by atoms with van der Waals surface area (Å²) < 4.78 is 27.8. The summed E-state index contributed by atoms with van der Waals surface area (Å²) in [5, 5.41) is 8.29. The maximum Gasteiger partial charge on any atom is 0.303 e. The number of carboxylic acid groups (broad SMARTS) is 1. The molecule has 0 fully saturated rings. The Hall–Kier alpha value is -0.530. The van der Waals surface area contributed by atoms with Crippen molar-refractivity contribution in [1.82, 2.24) is 0 Å². The number of carbonyl (C=O) groups is 1. The molecular weight excluding hydrogens is 92.1 g/mol. The molecule has 0 bridgehead atoms. The minimum Gasteiger partial charge on any atom is -0.481 e. The molecule has 0 aromatic heterocycles. The molecule has 0 aromatic rings. The van der Waals surface area contributed by atoms with Gasteiger partial charge >= 0.3 is 5.97 Å². The molecule has 0 heterocycles. The van der Waals surface area contributed by atoms with E-state index in [1.165, 1.54) is 6.92 Å². The zero-order chi connectivity index (χ0) is 9.28. The van der Waals surface area contributed by atoms with Crippen LogP contribution in [-0.2, 0) is 4.79 Å². The molecule has 0 atom stereocenters. The SMILES string of the molecule is [2H]C([2H])(CC)C([2H])([2H])C(=O)O. The van der Waals surface area contributed by atoms with Crippen molar-refractivity contribution < 1.29 is 15.4 Å². The van der Waals surface area contributed by atoms with Crippen LogP contribution in [0.5, 0.6) is 0 Å². The van der Waals surface area contributed by atoms with Gasteiger partial charge in [0.1, 0.15) is 0 Å². The van der Waals surface area contributed by atoms with E-state index in [-0.39, 0.29) is 6.42 Å². The summed E-state index contributed by atoms with van der Waals surface area (Å²) in [5.74, 6) is -1.76. The predicted molar refractivity (Wildman–Crippen MR) is 27.2 cm³/mol. The molecular formula is C5H10O2. The lowest BCUT2D eigenvalue weighted by molar-refractivity contribution is -0.137. The van der Waals surface area contributed by atoms with Gasteiger partial charge in [-0.3, -0.25) is 4.79 Å². The number of hydrogen-bond acceptors (Lipinski definition) is 1. The highest BCUT2D eigenvalue weighted by Gasteiger charge is 1.90. The Balaban J connectivity index is 4.67. The van der Waals surface area contributed by atoms with E-state index in [2.05, 4.69) is 0 Å². The fourth-order valence-electron chi connectivity index (χ4n) is 0.164. The van der Waals surface area contributed by atoms with Crippen molar-refractivity contribution in [2.45, 2.75) is 26.1 Å². The van der Waals surface area contributed by atoms with Crippen LogP contribution in [0.2, 0.25) is 0 Å². The van der Waals surface area contributed by atoms with Crippen molar-refractivity contribution in [3.8, 4) is 0 Å². The Labute approximate surface area is 48.8 Å². The van der Waals surface area contributed by atoms with Crippen LogP contribution in [0.15, 0.2) is 0 Å². The van der Waals surface area contributed by atoms with Crippen molar-refractivity contribution in [3.05, 3.63) is 0 Å². The Bertz CT molecular complexity index is 166. The van der Waals surface area contributed by atoms with Crippen molar-refractivity contribution in [3.63, 3.8) is 0 Å². The third-order valence-corrected chi connectivity index (χ3v) is 0.372. The molecule has 0 aromatic carbocycles. The molecule has 0 spiro atoms. The van der Waals surface area contributed by atoms with Crippen LogP contribution < -0.4 is 0 Å². The Kier molecular flexibility index (Phi) is 1.13. The second kappa shape index (κ2) is 3.65. The molecule has 7 heavy (non-hydrogen) atoms. The van der Waals surface area contributed by atoms with E-state index in [9.17, 15) is 4.79 Å². The molecule has 0 rings (SSSR count). The molecule has 2 heteroatoms. The first-order chi connectivity index (χ1) is 4.75. The topological polar surface area (TPSA) is 37.3 Å². The highest BCUT2D eigenvalue weighted by Crippen LogP contribution is 1.91. The normalized spacial score (nSPS) is 21.3. The highest BCUT2D eigenvalue weighted by atomic mass is 16.4. The van der Waals surface area contributed by atoms with E-state index in [1.807, 2.05) is 0 Å². The predicted octanol–water partition coefficient (Wildman–Crippen LogP) is 1.26. The molecule has 0 aliphatic carbocycles. The second-order valence-electron chi connectivity index (χ2n) is 0.960. The van der Waals surface area contributed by atoms with Crippen molar-refractivity contribution >= 4 is 5.97 Å². The average molecular weight is 106 g/mol. The summed E-state index contributed by atoms with van der Waals surface area (Å²) in [6, 6.07) is 0. The molecule has 42 valence electrons. The van der Waals surface area contributed by atoms with Gasteiger partial charge in [-0.1, -0.05) is 13.3 Å². The molecule has 0 unspecified atom stereocenters. The number of carboxylic acids is 1. The lowest BCUT2D eigenvalue weighted by Gasteiger charge is -1.85. The quantitative estimate of drug-likeness (QED) is 0.588. The molecule has 0 amide bonds. The molecule has 0 radical (unpaired) electrons. The molecule has 2 nitrogen and oxygen atoms in total. The summed E-state index contributed by atoms with van der Waals surface area (Å²) >= 11 is 0. The van der Waals surface area contributed by atoms with Gasteiger partial charge in [-0.25, -0.2) is 0 Å². The van der Waals surface area contributed by atoms with Gasteiger partial charge < -0.3 is 5.11 Å². The van der Waals surface area contributed by atoms with Crippen molar-refractivity contribution in [1.29, 1.82) is 0 Å². The lowest BCUT2D eigenvalue weighted by atomic mass is 10.3. The third-order valence-electron chi connectivity index (χ3n) is 0.372. The van der Waals surface area contributed by atoms with E-state index in [1.54, 1.807) is 0 Å². The van der Waals surface area contributed by atoms with Crippen LogP contribution in [0.1, 0.15) is 31.6 Å². The number of aliphatic carboxylic acids is 1. The summed E-state index contributed by atoms with van der Waals surface area (Å²) in [7, 11) is 0. The molecule has 0 saturated heterocycles. The maximum atomic E-state index is 10.2. The fourth-order valence-corrected chi connectivity index (χ4v) is 0.164. The van der Waals surface area contributed by atoms with E-state index >= 15 is 0 Å². The van der Waals surface area contributed by atoms with Gasteiger partial charge in [0.15, 0.2) is 0 Å². The number of hydrogen-bond donors (Lipinski definition) is 1. The number of rotatable bonds is 3. The van der Waals surface area contributed by atoms with E-state index < -0.39 is 18.7 Å². The van der Waals surface area contributed by atoms with Crippen LogP contribution in [-0.4, -0.2) is 11.1 Å². The van der Waals surface area contributed by atoms with Gasteiger partial charge in [0.25, 0.3) is 0 Å². The first kappa shape index (κ1) is 2.16. The fraction of sp³-hybridized carbons (Fsp3) is 0.800. The lowest BCUT2D eigenvalue weighted by Crippen LogP contribution is -1.91. The van der Waals surface area contributed by atoms with Crippen LogP contribution >= 0.6 is 0 Å². The Morgan fingerprint density at radius 3 is 2.71 bits per heavy atom. The monoisotopic (exact) mass is 106 g/mol. The van der Waals surface area contributed by atoms with E-state index in [4.69, 9.17) is 10.6 Å². The highest BCUT2D eigenvalue weighted by molar-refractivity contribution is 5.66. The smallest absolute Gasteiger partial charge is 0.303 e. The second-order valence-corrected chi connectivity index (χ2v) is 0.960. The molecule has 1 N–H and O–H groups in total. The van der Waals surface area contributed by atoms with E-state index in [0.29, 0.717) is 0 Å². The molecule has 0 aliphatic heterocycles. The van der Waals surface area contributed by atoms with Crippen molar-refractivity contribution in [2.75, 3.05) is 0 Å². The minimum atomic E-state index is -2.80. The Morgan fingerprint density at radius 2 is 2.57 bits per heavy atom. The maximum absolute atomic E-state index is 10.2. The standard InChI is InChI=1S/C5H10O2/c1-2-3-4-5(6)7/h2-4H2,1H3,(H,6,7)/i3D2,4D2. The van der Waals surface area contributed by atoms with Gasteiger partial charge in [-0.15, -0.1) is 0 Å². The summed E-state index contributed by atoms with van der Waals surface area (Å²) in [6.07, 6.45) is -5.27. The largest absolute Gasteiger partial charge is 0.481 e. The zero-order valence-electron chi connectivity index (χ0n) is 8.06.